The largest absolute Gasteiger partial charge is 0.351 e. The predicted octanol–water partition coefficient (Wildman–Crippen LogP) is -0.162. The fraction of sp³-hybridized carbons (Fsp3) is 0.450. The normalized spacial score (nSPS) is 20.2. The van der Waals surface area contributed by atoms with Gasteiger partial charge < -0.3 is 15.2 Å². The molecule has 5 rings (SSSR count). The lowest BCUT2D eigenvalue weighted by Crippen LogP contribution is -2.50. The number of rotatable bonds is 5. The van der Waals surface area contributed by atoms with Gasteiger partial charge in [0.2, 0.25) is 15.9 Å². The van der Waals surface area contributed by atoms with Crippen LogP contribution in [-0.2, 0) is 34.8 Å². The minimum atomic E-state index is -3.59. The van der Waals surface area contributed by atoms with Crippen molar-refractivity contribution in [3.8, 4) is 0 Å². The molecule has 12 nitrogen and oxygen atoms in total. The zero-order valence-electron chi connectivity index (χ0n) is 18.2. The van der Waals surface area contributed by atoms with Crippen LogP contribution in [0.5, 0.6) is 0 Å². The van der Waals surface area contributed by atoms with Crippen molar-refractivity contribution in [2.45, 2.75) is 31.8 Å². The molecule has 2 amide bonds. The van der Waals surface area contributed by atoms with Crippen LogP contribution in [0.1, 0.15) is 34.6 Å². The van der Waals surface area contributed by atoms with Crippen LogP contribution in [0.2, 0.25) is 0 Å². The summed E-state index contributed by atoms with van der Waals surface area (Å²) in [5, 5.41) is 8.32. The number of hydrogen-bond acceptors (Lipinski definition) is 8. The van der Waals surface area contributed by atoms with Crippen LogP contribution in [0, 0.1) is 5.92 Å². The quantitative estimate of drug-likeness (QED) is 0.463. The molecule has 0 bridgehead atoms. The SMILES string of the molecule is Cn1nc(C(=O)NC2CC(C(=O)NS(C)(=O)=O)C2)c2c1CCN(c1ncnc3[nH]ccc13)C2. The molecule has 0 radical (unpaired) electrons. The third-order valence-electron chi connectivity index (χ3n) is 6.22. The Hall–Kier alpha value is -3.48. The van der Waals surface area contributed by atoms with E-state index in [1.165, 1.54) is 6.33 Å². The summed E-state index contributed by atoms with van der Waals surface area (Å²) in [5.74, 6) is -0.453. The minimum Gasteiger partial charge on any atom is -0.351 e. The molecule has 0 spiro atoms. The molecule has 1 aliphatic heterocycles. The second-order valence-corrected chi connectivity index (χ2v) is 10.3. The average Bonchev–Trinajstić information content (AvgIpc) is 3.33. The van der Waals surface area contributed by atoms with Gasteiger partial charge in [0.1, 0.15) is 17.8 Å². The Kier molecular flexibility index (Phi) is 5.07. The van der Waals surface area contributed by atoms with Crippen molar-refractivity contribution in [1.29, 1.82) is 0 Å². The molecule has 3 aromatic rings. The maximum atomic E-state index is 13.0. The van der Waals surface area contributed by atoms with Gasteiger partial charge in [-0.2, -0.15) is 5.10 Å². The van der Waals surface area contributed by atoms with Gasteiger partial charge in [-0.05, 0) is 18.9 Å². The van der Waals surface area contributed by atoms with Crippen molar-refractivity contribution in [2.75, 3.05) is 17.7 Å². The highest BCUT2D eigenvalue weighted by molar-refractivity contribution is 7.89. The van der Waals surface area contributed by atoms with Gasteiger partial charge in [0.15, 0.2) is 5.69 Å². The summed E-state index contributed by atoms with van der Waals surface area (Å²) in [6.07, 6.45) is 5.79. The zero-order chi connectivity index (χ0) is 23.3. The molecule has 174 valence electrons. The van der Waals surface area contributed by atoms with Crippen molar-refractivity contribution < 1.29 is 18.0 Å². The van der Waals surface area contributed by atoms with Gasteiger partial charge in [-0.15, -0.1) is 0 Å². The Balaban J connectivity index is 1.29. The van der Waals surface area contributed by atoms with Crippen LogP contribution in [0.4, 0.5) is 5.82 Å². The van der Waals surface area contributed by atoms with Crippen molar-refractivity contribution in [3.05, 3.63) is 35.5 Å². The maximum absolute atomic E-state index is 13.0. The summed E-state index contributed by atoms with van der Waals surface area (Å²) in [6.45, 7) is 1.23. The summed E-state index contributed by atoms with van der Waals surface area (Å²) in [5.41, 5.74) is 2.99. The zero-order valence-corrected chi connectivity index (χ0v) is 19.0. The second kappa shape index (κ2) is 7.83. The van der Waals surface area contributed by atoms with Crippen LogP contribution in [-0.4, -0.2) is 63.8 Å². The van der Waals surface area contributed by atoms with Crippen molar-refractivity contribution >= 4 is 38.7 Å². The molecule has 3 N–H and O–H groups in total. The molecule has 0 saturated heterocycles. The number of sulfonamides is 1. The molecule has 0 aromatic carbocycles. The number of carbonyl (C=O) groups excluding carboxylic acids is 2. The Morgan fingerprint density at radius 2 is 2.03 bits per heavy atom. The van der Waals surface area contributed by atoms with E-state index in [1.807, 2.05) is 24.0 Å². The van der Waals surface area contributed by atoms with E-state index in [0.717, 1.165) is 47.3 Å². The van der Waals surface area contributed by atoms with E-state index in [-0.39, 0.29) is 11.9 Å². The van der Waals surface area contributed by atoms with Crippen molar-refractivity contribution in [1.82, 2.24) is 34.8 Å². The van der Waals surface area contributed by atoms with E-state index in [9.17, 15) is 18.0 Å². The molecule has 1 saturated carbocycles. The first-order valence-corrected chi connectivity index (χ1v) is 12.5. The molecular formula is C20H24N8O4S. The van der Waals surface area contributed by atoms with Gasteiger partial charge in [0.05, 0.1) is 11.6 Å². The first kappa shape index (κ1) is 21.4. The van der Waals surface area contributed by atoms with Gasteiger partial charge in [0, 0.05) is 56.0 Å². The van der Waals surface area contributed by atoms with E-state index < -0.39 is 21.8 Å². The Morgan fingerprint density at radius 3 is 2.79 bits per heavy atom. The fourth-order valence-corrected chi connectivity index (χ4v) is 5.07. The summed E-state index contributed by atoms with van der Waals surface area (Å²) < 4.78 is 26.2. The molecule has 0 unspecified atom stereocenters. The third-order valence-corrected chi connectivity index (χ3v) is 6.79. The number of aromatic amines is 1. The van der Waals surface area contributed by atoms with E-state index >= 15 is 0 Å². The van der Waals surface area contributed by atoms with Crippen LogP contribution < -0.4 is 14.9 Å². The molecule has 1 fully saturated rings. The molecule has 3 aromatic heterocycles. The molecular weight excluding hydrogens is 448 g/mol. The monoisotopic (exact) mass is 472 g/mol. The predicted molar refractivity (Wildman–Crippen MR) is 119 cm³/mol. The van der Waals surface area contributed by atoms with Crippen LogP contribution in [0.3, 0.4) is 0 Å². The smallest absolute Gasteiger partial charge is 0.272 e. The van der Waals surface area contributed by atoms with Gasteiger partial charge in [-0.1, -0.05) is 0 Å². The standard InChI is InChI=1S/C20H24N8O4S/c1-27-15-4-6-28(18-13-3-5-21-17(13)22-10-23-18)9-14(15)16(25-27)20(30)24-12-7-11(8-12)19(29)26-33(2,31)32/h3,5,10-12H,4,6-9H2,1-2H3,(H,24,30)(H,26,29)(H,21,22,23). The number of nitrogens with one attached hydrogen (secondary N) is 3. The molecule has 33 heavy (non-hydrogen) atoms. The number of anilines is 1. The van der Waals surface area contributed by atoms with Gasteiger partial charge in [-0.3, -0.25) is 19.0 Å². The number of fused-ring (bicyclic) bond motifs is 2. The number of aryl methyl sites for hydroxylation is 1. The number of amides is 2. The summed E-state index contributed by atoms with van der Waals surface area (Å²) >= 11 is 0. The summed E-state index contributed by atoms with van der Waals surface area (Å²) in [7, 11) is -1.76. The van der Waals surface area contributed by atoms with E-state index in [2.05, 4.69) is 30.3 Å². The lowest BCUT2D eigenvalue weighted by atomic mass is 9.80. The van der Waals surface area contributed by atoms with Crippen LogP contribution >= 0.6 is 0 Å². The van der Waals surface area contributed by atoms with Gasteiger partial charge in [-0.25, -0.2) is 18.4 Å². The average molecular weight is 473 g/mol. The number of hydrogen-bond donors (Lipinski definition) is 3. The fourth-order valence-electron chi connectivity index (χ4n) is 4.54. The lowest BCUT2D eigenvalue weighted by Gasteiger charge is -2.34. The Labute approximate surface area is 189 Å². The molecule has 2 aliphatic rings. The van der Waals surface area contributed by atoms with Gasteiger partial charge >= 0.3 is 0 Å². The van der Waals surface area contributed by atoms with Crippen LogP contribution in [0.25, 0.3) is 11.0 Å². The summed E-state index contributed by atoms with van der Waals surface area (Å²) in [6, 6.07) is 1.73. The number of H-pyrrole nitrogens is 1. The van der Waals surface area contributed by atoms with Crippen molar-refractivity contribution in [2.24, 2.45) is 13.0 Å². The first-order valence-electron chi connectivity index (χ1n) is 10.6. The molecule has 4 heterocycles. The van der Waals surface area contributed by atoms with Crippen LogP contribution in [0.15, 0.2) is 18.6 Å². The maximum Gasteiger partial charge on any atom is 0.272 e. The highest BCUT2D eigenvalue weighted by Crippen LogP contribution is 2.31. The topological polar surface area (TPSA) is 155 Å². The molecule has 1 aliphatic carbocycles. The molecule has 0 atom stereocenters. The highest BCUT2D eigenvalue weighted by atomic mass is 32.2. The highest BCUT2D eigenvalue weighted by Gasteiger charge is 2.37. The van der Waals surface area contributed by atoms with E-state index in [1.54, 1.807) is 4.68 Å². The number of nitrogens with zero attached hydrogens (tertiary/aromatic N) is 5. The number of aromatic nitrogens is 5. The van der Waals surface area contributed by atoms with E-state index in [4.69, 9.17) is 0 Å². The Morgan fingerprint density at radius 1 is 1.24 bits per heavy atom. The summed E-state index contributed by atoms with van der Waals surface area (Å²) in [4.78, 5) is 38.9. The first-order chi connectivity index (χ1) is 15.7. The minimum absolute atomic E-state index is 0.202. The third kappa shape index (κ3) is 4.03. The molecule has 13 heteroatoms. The van der Waals surface area contributed by atoms with Crippen molar-refractivity contribution in [3.63, 3.8) is 0 Å². The lowest BCUT2D eigenvalue weighted by molar-refractivity contribution is -0.126. The van der Waals surface area contributed by atoms with Gasteiger partial charge in [0.25, 0.3) is 5.91 Å². The Bertz CT molecular complexity index is 1360. The number of carbonyl (C=O) groups is 2. The second-order valence-electron chi connectivity index (χ2n) is 8.58. The van der Waals surface area contributed by atoms with E-state index in [0.29, 0.717) is 25.1 Å².